The molecule has 3 aliphatic rings. The van der Waals surface area contributed by atoms with Crippen LogP contribution in [0.25, 0.3) is 0 Å². The lowest BCUT2D eigenvalue weighted by molar-refractivity contribution is -0.144. The maximum atomic E-state index is 13.9. The number of amides is 1. The van der Waals surface area contributed by atoms with Gasteiger partial charge < -0.3 is 36.4 Å². The minimum absolute atomic E-state index is 0.0156. The largest absolute Gasteiger partial charge is 0.511 e. The summed E-state index contributed by atoms with van der Waals surface area (Å²) in [7, 11) is 3.44. The van der Waals surface area contributed by atoms with Crippen molar-refractivity contribution in [3.63, 3.8) is 0 Å². The molecule has 0 aromatic heterocycles. The lowest BCUT2D eigenvalue weighted by atomic mass is 9.60. The van der Waals surface area contributed by atoms with Gasteiger partial charge in [-0.2, -0.15) is 0 Å². The summed E-state index contributed by atoms with van der Waals surface area (Å²) in [6, 6.07) is 4.54. The molecule has 10 nitrogen and oxygen atoms in total. The fraction of sp³-hybridized carbons (Fsp3) is 0.321. The van der Waals surface area contributed by atoms with Gasteiger partial charge in [-0.25, -0.2) is 8.78 Å². The van der Waals surface area contributed by atoms with Crippen molar-refractivity contribution >= 4 is 28.8 Å². The summed E-state index contributed by atoms with van der Waals surface area (Å²) in [5.74, 6) is -8.70. The van der Waals surface area contributed by atoms with Gasteiger partial charge in [-0.3, -0.25) is 14.4 Å². The van der Waals surface area contributed by atoms with Crippen molar-refractivity contribution in [2.75, 3.05) is 24.3 Å². The first kappa shape index (κ1) is 27.1. The lowest BCUT2D eigenvalue weighted by Crippen LogP contribution is -2.57. The Hall–Kier alpha value is -4.45. The number of aromatic hydroxyl groups is 1. The minimum Gasteiger partial charge on any atom is -0.511 e. The van der Waals surface area contributed by atoms with Gasteiger partial charge >= 0.3 is 0 Å². The number of phenols is 1. The number of ketones is 2. The zero-order chi connectivity index (χ0) is 29.3. The van der Waals surface area contributed by atoms with Gasteiger partial charge in [0.15, 0.2) is 11.4 Å². The molecule has 0 heterocycles. The molecule has 3 atom stereocenters. The quantitative estimate of drug-likeness (QED) is 0.239. The second-order valence-electron chi connectivity index (χ2n) is 10.6. The molecule has 5 rings (SSSR count). The molecule has 0 spiro atoms. The van der Waals surface area contributed by atoms with Gasteiger partial charge in [0.1, 0.15) is 34.5 Å². The third kappa shape index (κ3) is 3.98. The topological polar surface area (TPSA) is 173 Å². The zero-order valence-electron chi connectivity index (χ0n) is 21.6. The molecule has 2 aromatic rings. The number of carbonyl (C=O) groups is 3. The van der Waals surface area contributed by atoms with E-state index in [1.54, 1.807) is 25.1 Å². The molecule has 40 heavy (non-hydrogen) atoms. The maximum Gasteiger partial charge on any atom is 0.255 e. The number of nitrogens with zero attached hydrogens (tertiary/aromatic N) is 1. The summed E-state index contributed by atoms with van der Waals surface area (Å²) in [5, 5.41) is 47.0. The van der Waals surface area contributed by atoms with E-state index in [0.29, 0.717) is 11.3 Å². The number of phenolic OH excluding ortho intramolecular Hbond substituents is 1. The average Bonchev–Trinajstić information content (AvgIpc) is 2.84. The first-order valence-corrected chi connectivity index (χ1v) is 12.5. The van der Waals surface area contributed by atoms with E-state index < -0.39 is 69.4 Å². The lowest BCUT2D eigenvalue weighted by Gasteiger charge is -2.46. The number of halogens is 2. The van der Waals surface area contributed by atoms with Crippen LogP contribution in [0.2, 0.25) is 0 Å². The van der Waals surface area contributed by atoms with Crippen LogP contribution in [0.15, 0.2) is 46.9 Å². The molecule has 12 heteroatoms. The molecule has 0 saturated carbocycles. The Bertz CT molecular complexity index is 1550. The molecule has 2 aromatic carbocycles. The number of anilines is 2. The summed E-state index contributed by atoms with van der Waals surface area (Å²) < 4.78 is 27.3. The number of nitrogens with two attached hydrogens (primary N) is 1. The highest BCUT2D eigenvalue weighted by atomic mass is 19.1. The molecule has 1 amide bonds. The maximum absolute atomic E-state index is 13.9. The highest BCUT2D eigenvalue weighted by molar-refractivity contribution is 6.24. The Morgan fingerprint density at radius 1 is 1.10 bits per heavy atom. The summed E-state index contributed by atoms with van der Waals surface area (Å²) in [4.78, 5) is 40.5. The summed E-state index contributed by atoms with van der Waals surface area (Å²) in [6.07, 6.45) is -0.156. The average molecular weight is 556 g/mol. The van der Waals surface area contributed by atoms with Gasteiger partial charge in [-0.15, -0.1) is 0 Å². The number of allylic oxidation sites excluding steroid dienone is 2. The smallest absolute Gasteiger partial charge is 0.255 e. The van der Waals surface area contributed by atoms with Gasteiger partial charge in [0.25, 0.3) is 5.91 Å². The van der Waals surface area contributed by atoms with Crippen LogP contribution in [0.1, 0.15) is 34.3 Å². The van der Waals surface area contributed by atoms with Crippen LogP contribution in [0.3, 0.4) is 0 Å². The Kier molecular flexibility index (Phi) is 6.33. The normalized spacial score (nSPS) is 23.9. The van der Waals surface area contributed by atoms with Crippen molar-refractivity contribution in [3.05, 3.63) is 75.3 Å². The van der Waals surface area contributed by atoms with Crippen molar-refractivity contribution in [2.45, 2.75) is 31.4 Å². The van der Waals surface area contributed by atoms with E-state index in [4.69, 9.17) is 5.73 Å². The number of hydrogen-bond donors (Lipinski definition) is 6. The number of carbonyl (C=O) groups excluding carboxylic acids is 3. The third-order valence-corrected chi connectivity index (χ3v) is 7.93. The molecule has 210 valence electrons. The molecule has 0 fully saturated rings. The predicted molar refractivity (Wildman–Crippen MR) is 139 cm³/mol. The van der Waals surface area contributed by atoms with E-state index in [-0.39, 0.29) is 48.2 Å². The Morgan fingerprint density at radius 2 is 1.75 bits per heavy atom. The van der Waals surface area contributed by atoms with E-state index >= 15 is 0 Å². The van der Waals surface area contributed by atoms with Gasteiger partial charge in [0, 0.05) is 50.3 Å². The molecule has 0 radical (unpaired) electrons. The molecule has 7 N–H and O–H groups in total. The highest BCUT2D eigenvalue weighted by Crippen LogP contribution is 2.53. The Morgan fingerprint density at radius 3 is 2.35 bits per heavy atom. The summed E-state index contributed by atoms with van der Waals surface area (Å²) >= 11 is 0. The molecule has 0 unspecified atom stereocenters. The van der Waals surface area contributed by atoms with Gasteiger partial charge in [-0.1, -0.05) is 0 Å². The van der Waals surface area contributed by atoms with Gasteiger partial charge in [0.2, 0.25) is 5.78 Å². The molecule has 0 aliphatic heterocycles. The molecule has 3 aliphatic carbocycles. The molecular formula is C28H27F2N3O7. The fourth-order valence-electron chi connectivity index (χ4n) is 6.11. The van der Waals surface area contributed by atoms with E-state index in [1.165, 1.54) is 0 Å². The van der Waals surface area contributed by atoms with E-state index in [2.05, 4.69) is 5.32 Å². The van der Waals surface area contributed by atoms with E-state index in [1.807, 2.05) is 0 Å². The van der Waals surface area contributed by atoms with Crippen LogP contribution >= 0.6 is 0 Å². The van der Waals surface area contributed by atoms with Crippen molar-refractivity contribution < 1.29 is 43.6 Å². The Labute approximate surface area is 227 Å². The van der Waals surface area contributed by atoms with Gasteiger partial charge in [0.05, 0.1) is 11.3 Å². The van der Waals surface area contributed by atoms with Crippen molar-refractivity contribution in [2.24, 2.45) is 17.6 Å². The van der Waals surface area contributed by atoms with Crippen LogP contribution < -0.4 is 16.0 Å². The van der Waals surface area contributed by atoms with E-state index in [9.17, 15) is 43.6 Å². The summed E-state index contributed by atoms with van der Waals surface area (Å²) in [6.45, 7) is -0.0969. The fourth-order valence-corrected chi connectivity index (χ4v) is 6.11. The van der Waals surface area contributed by atoms with Crippen LogP contribution in [-0.2, 0) is 22.6 Å². The van der Waals surface area contributed by atoms with Crippen LogP contribution in [0, 0.1) is 23.5 Å². The predicted octanol–water partition coefficient (Wildman–Crippen LogP) is 2.54. The number of fused-ring (bicyclic) bond motifs is 3. The zero-order valence-corrected chi connectivity index (χ0v) is 21.6. The number of nitrogens with one attached hydrogen (secondary N) is 1. The highest BCUT2D eigenvalue weighted by Gasteiger charge is 2.59. The van der Waals surface area contributed by atoms with Crippen LogP contribution in [-0.4, -0.2) is 57.6 Å². The standard InChI is InChI=1S/C28H27F2N3O7/c1-33(2)18-9-17(32-10-11-3-14(29)8-15(30)4-11)23(35)21-16(18)6-12-5-13-7-19(34)22(27(31)39)26(38)28(13,40)25(37)20(12)24(21)36/h3-4,8-9,12-13,32,34-35,37,40H,5-7,10H2,1-2H3,(H2,31,39)/t12-,13+,28+/m1/s1. The van der Waals surface area contributed by atoms with Crippen molar-refractivity contribution in [1.82, 2.24) is 0 Å². The number of Topliss-reactive ketones (excluding diaryl/α,β-unsaturated/α-hetero) is 2. The first-order chi connectivity index (χ1) is 18.7. The van der Waals surface area contributed by atoms with Crippen LogP contribution in [0.5, 0.6) is 5.75 Å². The second kappa shape index (κ2) is 9.33. The number of primary amides is 1. The van der Waals surface area contributed by atoms with Crippen LogP contribution in [0.4, 0.5) is 20.2 Å². The number of hydrogen-bond acceptors (Lipinski definition) is 9. The van der Waals surface area contributed by atoms with Crippen molar-refractivity contribution in [3.8, 4) is 5.75 Å². The summed E-state index contributed by atoms with van der Waals surface area (Å²) in [5.41, 5.74) is 2.59. The second-order valence-corrected chi connectivity index (χ2v) is 10.6. The molecule has 0 bridgehead atoms. The number of benzene rings is 2. The van der Waals surface area contributed by atoms with E-state index in [0.717, 1.165) is 18.2 Å². The van der Waals surface area contributed by atoms with Gasteiger partial charge in [-0.05, 0) is 48.1 Å². The number of rotatable bonds is 5. The third-order valence-electron chi connectivity index (χ3n) is 7.93. The minimum atomic E-state index is -2.66. The monoisotopic (exact) mass is 555 g/mol. The molecular weight excluding hydrogens is 528 g/mol. The number of aliphatic hydroxyl groups excluding tert-OH is 2. The molecule has 0 saturated heterocycles. The number of aliphatic hydroxyl groups is 3. The Balaban J connectivity index is 1.61. The van der Waals surface area contributed by atoms with Crippen molar-refractivity contribution in [1.29, 1.82) is 0 Å². The first-order valence-electron chi connectivity index (χ1n) is 12.5. The SMILES string of the molecule is CN(C)c1cc(NCc2cc(F)cc(F)c2)c(O)c2c1C[C@H]1C[C@H]3CC(O)=C(C(N)=O)C(=O)[C@@]3(O)C(O)=C1C2=O.